The zero-order chi connectivity index (χ0) is 16.3. The molecule has 126 valence electrons. The van der Waals surface area contributed by atoms with Gasteiger partial charge in [-0.3, -0.25) is 4.79 Å². The highest BCUT2D eigenvalue weighted by atomic mass is 35.5. The van der Waals surface area contributed by atoms with E-state index in [2.05, 4.69) is 15.4 Å². The first-order valence-electron chi connectivity index (χ1n) is 6.82. The summed E-state index contributed by atoms with van der Waals surface area (Å²) in [5.74, 6) is 0.233. The fourth-order valence-corrected chi connectivity index (χ4v) is 2.44. The minimum atomic E-state index is -0.356. The van der Waals surface area contributed by atoms with Gasteiger partial charge < -0.3 is 11.1 Å². The lowest BCUT2D eigenvalue weighted by Crippen LogP contribution is -2.29. The van der Waals surface area contributed by atoms with Crippen LogP contribution in [-0.2, 0) is 0 Å². The predicted molar refractivity (Wildman–Crippen MR) is 94.0 cm³/mol. The third-order valence-corrected chi connectivity index (χ3v) is 3.62. The number of hydrogen-bond donors (Lipinski definition) is 2. The number of halogens is 3. The highest BCUT2D eigenvalue weighted by molar-refractivity contribution is 6.37. The molecule has 1 aromatic carbocycles. The van der Waals surface area contributed by atoms with E-state index in [1.807, 2.05) is 6.92 Å². The van der Waals surface area contributed by atoms with Crippen LogP contribution in [0.2, 0.25) is 10.0 Å². The van der Waals surface area contributed by atoms with Crippen LogP contribution < -0.4 is 11.1 Å². The van der Waals surface area contributed by atoms with E-state index in [4.69, 9.17) is 28.9 Å². The number of carbonyl (C=O) groups is 1. The first-order chi connectivity index (χ1) is 10.4. The Bertz CT molecular complexity index is 667. The Balaban J connectivity index is 0.00000264. The lowest BCUT2D eigenvalue weighted by atomic mass is 10.2. The van der Waals surface area contributed by atoms with Gasteiger partial charge >= 0.3 is 0 Å². The molecule has 0 saturated heterocycles. The van der Waals surface area contributed by atoms with Gasteiger partial charge in [0.05, 0.1) is 10.0 Å². The fourth-order valence-electron chi connectivity index (χ4n) is 1.88. The molecule has 3 N–H and O–H groups in total. The van der Waals surface area contributed by atoms with Gasteiger partial charge in [0, 0.05) is 12.6 Å². The number of para-hydroxylation sites is 1. The maximum Gasteiger partial charge on any atom is 0.290 e. The highest BCUT2D eigenvalue weighted by Crippen LogP contribution is 2.28. The number of hydrogen-bond acceptors (Lipinski definition) is 4. The van der Waals surface area contributed by atoms with Crippen LogP contribution in [0.4, 0.5) is 0 Å². The standard InChI is InChI=1S/C14H17Cl2N5O.ClH/c1-8(17)6-7-18-14(22)13-19-9(2)21(20-13)12-10(15)4-3-5-11(12)16;/h3-5,8H,6-7,17H2,1-2H3,(H,18,22);1H. The van der Waals surface area contributed by atoms with Gasteiger partial charge in [-0.15, -0.1) is 17.5 Å². The Morgan fingerprint density at radius 2 is 2.00 bits per heavy atom. The molecule has 6 nitrogen and oxygen atoms in total. The number of amides is 1. The van der Waals surface area contributed by atoms with Gasteiger partial charge in [0.25, 0.3) is 5.91 Å². The average molecular weight is 379 g/mol. The molecular weight excluding hydrogens is 361 g/mol. The van der Waals surface area contributed by atoms with Gasteiger partial charge in [-0.05, 0) is 32.4 Å². The van der Waals surface area contributed by atoms with Crippen LogP contribution in [0, 0.1) is 6.92 Å². The van der Waals surface area contributed by atoms with Crippen molar-refractivity contribution in [3.05, 3.63) is 39.9 Å². The molecule has 0 aliphatic rings. The Morgan fingerprint density at radius 1 is 1.39 bits per heavy atom. The van der Waals surface area contributed by atoms with Crippen molar-refractivity contribution >= 4 is 41.5 Å². The summed E-state index contributed by atoms with van der Waals surface area (Å²) >= 11 is 12.3. The van der Waals surface area contributed by atoms with E-state index in [1.54, 1.807) is 25.1 Å². The molecular formula is C14H18Cl3N5O. The second kappa shape index (κ2) is 8.49. The topological polar surface area (TPSA) is 85.8 Å². The molecule has 2 aromatic rings. The lowest BCUT2D eigenvalue weighted by molar-refractivity contribution is 0.0942. The maximum absolute atomic E-state index is 12.0. The molecule has 0 fully saturated rings. The van der Waals surface area contributed by atoms with Crippen LogP contribution in [0.15, 0.2) is 18.2 Å². The smallest absolute Gasteiger partial charge is 0.290 e. The van der Waals surface area contributed by atoms with Gasteiger partial charge in [-0.2, -0.15) is 0 Å². The molecule has 0 bridgehead atoms. The first-order valence-corrected chi connectivity index (χ1v) is 7.57. The molecule has 1 heterocycles. The van der Waals surface area contributed by atoms with Crippen LogP contribution in [0.3, 0.4) is 0 Å². The predicted octanol–water partition coefficient (Wildman–Crippen LogP) is 2.77. The number of nitrogens with zero attached hydrogens (tertiary/aromatic N) is 3. The van der Waals surface area contributed by atoms with E-state index in [0.29, 0.717) is 34.5 Å². The normalized spacial score (nSPS) is 11.7. The van der Waals surface area contributed by atoms with Crippen molar-refractivity contribution in [1.82, 2.24) is 20.1 Å². The van der Waals surface area contributed by atoms with Gasteiger partial charge in [0.2, 0.25) is 5.82 Å². The van der Waals surface area contributed by atoms with Crippen LogP contribution in [0.5, 0.6) is 0 Å². The Hall–Kier alpha value is -1.34. The number of carbonyl (C=O) groups excluding carboxylic acids is 1. The van der Waals surface area contributed by atoms with E-state index in [-0.39, 0.29) is 30.2 Å². The molecule has 0 aliphatic carbocycles. The monoisotopic (exact) mass is 377 g/mol. The van der Waals surface area contributed by atoms with Crippen molar-refractivity contribution in [3.63, 3.8) is 0 Å². The zero-order valence-corrected chi connectivity index (χ0v) is 15.0. The lowest BCUT2D eigenvalue weighted by Gasteiger charge is -2.07. The number of nitrogens with two attached hydrogens (primary N) is 1. The van der Waals surface area contributed by atoms with Crippen LogP contribution in [-0.4, -0.2) is 33.3 Å². The maximum atomic E-state index is 12.0. The molecule has 0 aliphatic heterocycles. The summed E-state index contributed by atoms with van der Waals surface area (Å²) in [6.45, 7) is 4.07. The minimum Gasteiger partial charge on any atom is -0.349 e. The number of benzene rings is 1. The van der Waals surface area contributed by atoms with Crippen LogP contribution >= 0.6 is 35.6 Å². The number of nitrogens with one attached hydrogen (secondary N) is 1. The van der Waals surface area contributed by atoms with Crippen molar-refractivity contribution in [3.8, 4) is 5.69 Å². The summed E-state index contributed by atoms with van der Waals surface area (Å²) in [4.78, 5) is 16.2. The van der Waals surface area contributed by atoms with E-state index < -0.39 is 0 Å². The van der Waals surface area contributed by atoms with Gasteiger partial charge in [-0.25, -0.2) is 9.67 Å². The van der Waals surface area contributed by atoms with Crippen LogP contribution in [0.1, 0.15) is 29.8 Å². The quantitative estimate of drug-likeness (QED) is 0.837. The minimum absolute atomic E-state index is 0. The summed E-state index contributed by atoms with van der Waals surface area (Å²) in [6.07, 6.45) is 0.682. The summed E-state index contributed by atoms with van der Waals surface area (Å²) in [7, 11) is 0. The average Bonchev–Trinajstić information content (AvgIpc) is 2.80. The fraction of sp³-hybridized carbons (Fsp3) is 0.357. The molecule has 0 radical (unpaired) electrons. The molecule has 1 unspecified atom stereocenters. The molecule has 2 rings (SSSR count). The largest absolute Gasteiger partial charge is 0.349 e. The summed E-state index contributed by atoms with van der Waals surface area (Å²) in [5, 5.41) is 7.79. The van der Waals surface area contributed by atoms with Crippen molar-refractivity contribution in [2.24, 2.45) is 5.73 Å². The number of aryl methyl sites for hydroxylation is 1. The third-order valence-electron chi connectivity index (χ3n) is 3.01. The van der Waals surface area contributed by atoms with E-state index in [1.165, 1.54) is 4.68 Å². The number of rotatable bonds is 5. The molecule has 9 heteroatoms. The van der Waals surface area contributed by atoms with Crippen molar-refractivity contribution in [2.75, 3.05) is 6.54 Å². The molecule has 1 atom stereocenters. The second-order valence-electron chi connectivity index (χ2n) is 4.99. The van der Waals surface area contributed by atoms with Crippen molar-refractivity contribution in [2.45, 2.75) is 26.3 Å². The second-order valence-corrected chi connectivity index (χ2v) is 5.80. The van der Waals surface area contributed by atoms with E-state index >= 15 is 0 Å². The molecule has 0 saturated carbocycles. The Labute approximate surface area is 150 Å². The van der Waals surface area contributed by atoms with Crippen LogP contribution in [0.25, 0.3) is 5.69 Å². The van der Waals surface area contributed by atoms with Gasteiger partial charge in [-0.1, -0.05) is 29.3 Å². The first kappa shape index (κ1) is 19.7. The molecule has 1 amide bonds. The summed E-state index contributed by atoms with van der Waals surface area (Å²) in [5.41, 5.74) is 6.14. The SMILES string of the molecule is Cc1nc(C(=O)NCCC(C)N)nn1-c1c(Cl)cccc1Cl.Cl. The summed E-state index contributed by atoms with van der Waals surface area (Å²) in [6, 6.07) is 5.16. The van der Waals surface area contributed by atoms with Crippen molar-refractivity contribution in [1.29, 1.82) is 0 Å². The molecule has 0 spiro atoms. The van der Waals surface area contributed by atoms with Gasteiger partial charge in [0.1, 0.15) is 11.5 Å². The van der Waals surface area contributed by atoms with Gasteiger partial charge in [0.15, 0.2) is 0 Å². The number of aromatic nitrogens is 3. The van der Waals surface area contributed by atoms with E-state index in [0.717, 1.165) is 0 Å². The summed E-state index contributed by atoms with van der Waals surface area (Å²) < 4.78 is 1.46. The Morgan fingerprint density at radius 3 is 2.57 bits per heavy atom. The highest BCUT2D eigenvalue weighted by Gasteiger charge is 2.18. The van der Waals surface area contributed by atoms with E-state index in [9.17, 15) is 4.79 Å². The molecule has 1 aromatic heterocycles. The third kappa shape index (κ3) is 4.81. The molecule has 23 heavy (non-hydrogen) atoms. The van der Waals surface area contributed by atoms with Crippen molar-refractivity contribution < 1.29 is 4.79 Å². The zero-order valence-electron chi connectivity index (χ0n) is 12.7. The Kier molecular flexibility index (Phi) is 7.28.